The Balaban J connectivity index is 2.00. The predicted molar refractivity (Wildman–Crippen MR) is 86.1 cm³/mol. The lowest BCUT2D eigenvalue weighted by molar-refractivity contribution is 0.421. The predicted octanol–water partition coefficient (Wildman–Crippen LogP) is 3.74. The molecule has 3 heteroatoms. The molecular formula is C17H29N3. The largest absolute Gasteiger partial charge is 0.371 e. The maximum atomic E-state index is 4.49. The topological polar surface area (TPSA) is 28.2 Å². The van der Waals surface area contributed by atoms with Gasteiger partial charge in [-0.2, -0.15) is 0 Å². The molecule has 20 heavy (non-hydrogen) atoms. The third-order valence-corrected chi connectivity index (χ3v) is 3.82. The lowest BCUT2D eigenvalue weighted by Gasteiger charge is -2.27. The SMILES string of the molecule is CC(C)(C)NCc1cc(N2CCCCCCC2)ccn1. The van der Waals surface area contributed by atoms with Gasteiger partial charge >= 0.3 is 0 Å². The van der Waals surface area contributed by atoms with E-state index in [1.54, 1.807) is 0 Å². The highest BCUT2D eigenvalue weighted by atomic mass is 15.1. The first-order chi connectivity index (χ1) is 9.54. The van der Waals surface area contributed by atoms with Gasteiger partial charge in [-0.25, -0.2) is 0 Å². The number of hydrogen-bond acceptors (Lipinski definition) is 3. The average Bonchev–Trinajstić information content (AvgIpc) is 2.35. The van der Waals surface area contributed by atoms with Crippen molar-refractivity contribution in [3.63, 3.8) is 0 Å². The third-order valence-electron chi connectivity index (χ3n) is 3.82. The molecule has 0 aromatic carbocycles. The van der Waals surface area contributed by atoms with Crippen molar-refractivity contribution in [2.75, 3.05) is 18.0 Å². The van der Waals surface area contributed by atoms with Crippen LogP contribution in [0.4, 0.5) is 5.69 Å². The molecule has 0 bridgehead atoms. The van der Waals surface area contributed by atoms with Crippen LogP contribution in [-0.2, 0) is 6.54 Å². The molecule has 1 fully saturated rings. The molecule has 1 aromatic rings. The maximum Gasteiger partial charge on any atom is 0.0562 e. The van der Waals surface area contributed by atoms with Gasteiger partial charge in [-0.1, -0.05) is 19.3 Å². The molecule has 1 aliphatic heterocycles. The Morgan fingerprint density at radius 3 is 2.40 bits per heavy atom. The van der Waals surface area contributed by atoms with Crippen molar-refractivity contribution in [2.24, 2.45) is 0 Å². The van der Waals surface area contributed by atoms with E-state index in [9.17, 15) is 0 Å². The fourth-order valence-corrected chi connectivity index (χ4v) is 2.62. The summed E-state index contributed by atoms with van der Waals surface area (Å²) >= 11 is 0. The summed E-state index contributed by atoms with van der Waals surface area (Å²) in [5.41, 5.74) is 2.62. The summed E-state index contributed by atoms with van der Waals surface area (Å²) in [5, 5.41) is 3.51. The van der Waals surface area contributed by atoms with Gasteiger partial charge in [0.15, 0.2) is 0 Å². The Morgan fingerprint density at radius 1 is 1.10 bits per heavy atom. The van der Waals surface area contributed by atoms with Crippen LogP contribution < -0.4 is 10.2 Å². The lowest BCUT2D eigenvalue weighted by atomic mass is 10.1. The molecule has 0 aliphatic carbocycles. The summed E-state index contributed by atoms with van der Waals surface area (Å²) in [6.45, 7) is 9.79. The molecule has 0 unspecified atom stereocenters. The van der Waals surface area contributed by atoms with Crippen LogP contribution in [0.2, 0.25) is 0 Å². The second-order valence-electron chi connectivity index (χ2n) is 6.86. The molecule has 0 amide bonds. The van der Waals surface area contributed by atoms with E-state index in [4.69, 9.17) is 0 Å². The first-order valence-electron chi connectivity index (χ1n) is 7.99. The minimum absolute atomic E-state index is 0.137. The maximum absolute atomic E-state index is 4.49. The van der Waals surface area contributed by atoms with E-state index >= 15 is 0 Å². The van der Waals surface area contributed by atoms with E-state index in [1.807, 2.05) is 6.20 Å². The van der Waals surface area contributed by atoms with Crippen molar-refractivity contribution < 1.29 is 0 Å². The molecule has 2 rings (SSSR count). The van der Waals surface area contributed by atoms with Crippen LogP contribution in [0.1, 0.15) is 58.6 Å². The lowest BCUT2D eigenvalue weighted by Crippen LogP contribution is -2.35. The summed E-state index contributed by atoms with van der Waals surface area (Å²) in [4.78, 5) is 7.02. The Kier molecular flexibility index (Phi) is 5.41. The van der Waals surface area contributed by atoms with E-state index in [-0.39, 0.29) is 5.54 Å². The molecule has 1 N–H and O–H groups in total. The zero-order valence-corrected chi connectivity index (χ0v) is 13.3. The number of hydrogen-bond donors (Lipinski definition) is 1. The standard InChI is InChI=1S/C17H29N3/c1-17(2,3)19-14-15-13-16(9-10-18-15)20-11-7-5-4-6-8-12-20/h9-10,13,19H,4-8,11-12,14H2,1-3H3. The van der Waals surface area contributed by atoms with Crippen LogP contribution in [0.15, 0.2) is 18.3 Å². The van der Waals surface area contributed by atoms with Gasteiger partial charge in [0.1, 0.15) is 0 Å². The van der Waals surface area contributed by atoms with Crippen LogP contribution in [0, 0.1) is 0 Å². The van der Waals surface area contributed by atoms with Crippen LogP contribution >= 0.6 is 0 Å². The van der Waals surface area contributed by atoms with E-state index in [0.717, 1.165) is 12.2 Å². The molecule has 1 aromatic heterocycles. The number of nitrogens with zero attached hydrogens (tertiary/aromatic N) is 2. The van der Waals surface area contributed by atoms with Gasteiger partial charge in [-0.05, 0) is 45.7 Å². The van der Waals surface area contributed by atoms with Gasteiger partial charge in [-0.3, -0.25) is 4.98 Å². The summed E-state index contributed by atoms with van der Waals surface area (Å²) < 4.78 is 0. The van der Waals surface area contributed by atoms with Crippen LogP contribution in [0.3, 0.4) is 0 Å². The molecule has 112 valence electrons. The van der Waals surface area contributed by atoms with Crippen molar-refractivity contribution in [3.8, 4) is 0 Å². The van der Waals surface area contributed by atoms with E-state index in [1.165, 1.54) is 50.9 Å². The summed E-state index contributed by atoms with van der Waals surface area (Å²) in [6, 6.07) is 4.41. The smallest absolute Gasteiger partial charge is 0.0562 e. The fourth-order valence-electron chi connectivity index (χ4n) is 2.62. The van der Waals surface area contributed by atoms with Crippen LogP contribution in [-0.4, -0.2) is 23.6 Å². The monoisotopic (exact) mass is 275 g/mol. The Hall–Kier alpha value is -1.09. The highest BCUT2D eigenvalue weighted by molar-refractivity contribution is 5.46. The minimum atomic E-state index is 0.137. The Morgan fingerprint density at radius 2 is 1.75 bits per heavy atom. The minimum Gasteiger partial charge on any atom is -0.371 e. The first kappa shape index (κ1) is 15.3. The molecule has 0 saturated carbocycles. The molecule has 1 aliphatic rings. The van der Waals surface area contributed by atoms with Crippen LogP contribution in [0.25, 0.3) is 0 Å². The molecular weight excluding hydrogens is 246 g/mol. The van der Waals surface area contributed by atoms with Crippen LogP contribution in [0.5, 0.6) is 0 Å². The summed E-state index contributed by atoms with van der Waals surface area (Å²) in [5.74, 6) is 0. The summed E-state index contributed by atoms with van der Waals surface area (Å²) in [6.07, 6.45) is 8.74. The number of pyridine rings is 1. The van der Waals surface area contributed by atoms with Crippen molar-refractivity contribution >= 4 is 5.69 Å². The van der Waals surface area contributed by atoms with Crippen molar-refractivity contribution in [3.05, 3.63) is 24.0 Å². The van der Waals surface area contributed by atoms with Gasteiger partial charge in [0, 0.05) is 37.1 Å². The molecule has 2 heterocycles. The Bertz CT molecular complexity index is 401. The van der Waals surface area contributed by atoms with Gasteiger partial charge in [0.05, 0.1) is 5.69 Å². The van der Waals surface area contributed by atoms with Gasteiger partial charge in [0.25, 0.3) is 0 Å². The molecule has 0 atom stereocenters. The van der Waals surface area contributed by atoms with Gasteiger partial charge in [-0.15, -0.1) is 0 Å². The van der Waals surface area contributed by atoms with Crippen molar-refractivity contribution in [1.82, 2.24) is 10.3 Å². The molecule has 0 radical (unpaired) electrons. The fraction of sp³-hybridized carbons (Fsp3) is 0.706. The molecule has 0 spiro atoms. The zero-order valence-electron chi connectivity index (χ0n) is 13.3. The average molecular weight is 275 g/mol. The van der Waals surface area contributed by atoms with Crippen molar-refractivity contribution in [2.45, 2.75) is 65.0 Å². The summed E-state index contributed by atoms with van der Waals surface area (Å²) in [7, 11) is 0. The molecule has 3 nitrogen and oxygen atoms in total. The van der Waals surface area contributed by atoms with E-state index < -0.39 is 0 Å². The number of anilines is 1. The second kappa shape index (κ2) is 7.07. The first-order valence-corrected chi connectivity index (χ1v) is 7.99. The zero-order chi connectivity index (χ0) is 14.4. The molecule has 1 saturated heterocycles. The number of aromatic nitrogens is 1. The number of nitrogens with one attached hydrogen (secondary N) is 1. The Labute approximate surface area is 123 Å². The normalized spacial score (nSPS) is 17.6. The number of rotatable bonds is 3. The second-order valence-corrected chi connectivity index (χ2v) is 6.86. The quantitative estimate of drug-likeness (QED) is 0.911. The van der Waals surface area contributed by atoms with E-state index in [2.05, 4.69) is 48.1 Å². The van der Waals surface area contributed by atoms with Crippen molar-refractivity contribution in [1.29, 1.82) is 0 Å². The highest BCUT2D eigenvalue weighted by Crippen LogP contribution is 2.19. The van der Waals surface area contributed by atoms with Gasteiger partial charge < -0.3 is 10.2 Å². The van der Waals surface area contributed by atoms with E-state index in [0.29, 0.717) is 0 Å². The van der Waals surface area contributed by atoms with Gasteiger partial charge in [0.2, 0.25) is 0 Å². The third kappa shape index (κ3) is 5.12. The highest BCUT2D eigenvalue weighted by Gasteiger charge is 2.12.